The molecule has 1 N–H and O–H groups in total. The molecule has 0 aliphatic heterocycles. The lowest BCUT2D eigenvalue weighted by molar-refractivity contribution is 0.0693. The Bertz CT molecular complexity index is 695. The number of benzene rings is 1. The van der Waals surface area contributed by atoms with Gasteiger partial charge < -0.3 is 14.4 Å². The van der Waals surface area contributed by atoms with Gasteiger partial charge in [-0.3, -0.25) is 4.79 Å². The van der Waals surface area contributed by atoms with Crippen LogP contribution in [0.1, 0.15) is 39.8 Å². The number of carboxylic acids is 1. The van der Waals surface area contributed by atoms with E-state index in [-0.39, 0.29) is 23.0 Å². The number of nitrogens with zero attached hydrogens (tertiary/aromatic N) is 1. The molecule has 0 fully saturated rings. The third kappa shape index (κ3) is 4.42. The fraction of sp³-hybridized carbons (Fsp3) is 0.294. The number of carbonyl (C=O) groups is 2. The van der Waals surface area contributed by atoms with Crippen molar-refractivity contribution >= 4 is 11.9 Å². The number of amides is 1. The highest BCUT2D eigenvalue weighted by molar-refractivity contribution is 5.95. The van der Waals surface area contributed by atoms with Crippen LogP contribution in [0.5, 0.6) is 0 Å². The van der Waals surface area contributed by atoms with Crippen molar-refractivity contribution in [1.29, 1.82) is 0 Å². The Hall–Kier alpha value is -2.63. The largest absolute Gasteiger partial charge is 0.478 e. The van der Waals surface area contributed by atoms with E-state index in [1.807, 2.05) is 6.92 Å². The summed E-state index contributed by atoms with van der Waals surface area (Å²) in [6.07, 6.45) is 2.31. The molecule has 0 atom stereocenters. The van der Waals surface area contributed by atoms with Gasteiger partial charge in [0, 0.05) is 19.2 Å². The Labute approximate surface area is 133 Å². The number of carbonyl (C=O) groups excluding carboxylic acids is 1. The second-order valence-corrected chi connectivity index (χ2v) is 5.18. The van der Waals surface area contributed by atoms with E-state index in [0.29, 0.717) is 19.5 Å². The van der Waals surface area contributed by atoms with Gasteiger partial charge in [-0.05, 0) is 30.5 Å². The lowest BCUT2D eigenvalue weighted by atomic mass is 10.1. The number of carboxylic acid groups (broad SMARTS) is 1. The number of hydrogen-bond donors (Lipinski definition) is 1. The molecule has 0 aliphatic carbocycles. The maximum Gasteiger partial charge on any atom is 0.338 e. The third-order valence-corrected chi connectivity index (χ3v) is 3.40. The molecule has 1 aromatic heterocycles. The molecule has 1 heterocycles. The van der Waals surface area contributed by atoms with Crippen molar-refractivity contribution in [3.05, 3.63) is 59.3 Å². The van der Waals surface area contributed by atoms with Crippen LogP contribution in [0.4, 0.5) is 4.39 Å². The average molecular weight is 319 g/mol. The van der Waals surface area contributed by atoms with E-state index in [4.69, 9.17) is 9.52 Å². The highest BCUT2D eigenvalue weighted by Gasteiger charge is 2.20. The smallest absolute Gasteiger partial charge is 0.338 e. The van der Waals surface area contributed by atoms with Crippen molar-refractivity contribution < 1.29 is 23.5 Å². The van der Waals surface area contributed by atoms with Gasteiger partial charge in [-0.15, -0.1) is 0 Å². The SMILES string of the molecule is CCCN(CCc1cccc(F)c1)C(=O)c1cc(C(=O)O)co1. The monoisotopic (exact) mass is 319 g/mol. The summed E-state index contributed by atoms with van der Waals surface area (Å²) in [6.45, 7) is 2.85. The Morgan fingerprint density at radius 3 is 2.65 bits per heavy atom. The van der Waals surface area contributed by atoms with Crippen molar-refractivity contribution in [3.63, 3.8) is 0 Å². The Kier molecular flexibility index (Phi) is 5.51. The van der Waals surface area contributed by atoms with Gasteiger partial charge in [0.1, 0.15) is 12.1 Å². The van der Waals surface area contributed by atoms with E-state index in [2.05, 4.69) is 0 Å². The highest BCUT2D eigenvalue weighted by Crippen LogP contribution is 2.13. The van der Waals surface area contributed by atoms with Crippen LogP contribution in [0, 0.1) is 5.82 Å². The Balaban J connectivity index is 2.07. The molecule has 0 saturated carbocycles. The summed E-state index contributed by atoms with van der Waals surface area (Å²) in [6, 6.07) is 7.45. The first-order valence-electron chi connectivity index (χ1n) is 7.36. The predicted molar refractivity (Wildman–Crippen MR) is 82.0 cm³/mol. The molecule has 0 unspecified atom stereocenters. The van der Waals surface area contributed by atoms with Crippen molar-refractivity contribution in [2.24, 2.45) is 0 Å². The van der Waals surface area contributed by atoms with Crippen LogP contribution in [0.3, 0.4) is 0 Å². The maximum absolute atomic E-state index is 13.2. The third-order valence-electron chi connectivity index (χ3n) is 3.40. The first-order chi connectivity index (χ1) is 11.0. The van der Waals surface area contributed by atoms with Crippen LogP contribution in [-0.4, -0.2) is 35.0 Å². The molecule has 6 heteroatoms. The zero-order valence-corrected chi connectivity index (χ0v) is 12.8. The molecule has 122 valence electrons. The minimum absolute atomic E-state index is 0.00454. The zero-order valence-electron chi connectivity index (χ0n) is 12.8. The van der Waals surface area contributed by atoms with Gasteiger partial charge in [0.2, 0.25) is 0 Å². The van der Waals surface area contributed by atoms with E-state index in [1.165, 1.54) is 18.2 Å². The van der Waals surface area contributed by atoms with Gasteiger partial charge in [0.05, 0.1) is 5.56 Å². The Morgan fingerprint density at radius 2 is 2.04 bits per heavy atom. The second-order valence-electron chi connectivity index (χ2n) is 5.18. The fourth-order valence-electron chi connectivity index (χ4n) is 2.26. The van der Waals surface area contributed by atoms with Gasteiger partial charge in [-0.25, -0.2) is 9.18 Å². The summed E-state index contributed by atoms with van der Waals surface area (Å²) in [4.78, 5) is 24.9. The minimum Gasteiger partial charge on any atom is -0.478 e. The molecule has 0 radical (unpaired) electrons. The van der Waals surface area contributed by atoms with E-state index in [9.17, 15) is 14.0 Å². The van der Waals surface area contributed by atoms with Gasteiger partial charge >= 0.3 is 5.97 Å². The van der Waals surface area contributed by atoms with Gasteiger partial charge in [0.25, 0.3) is 5.91 Å². The molecular formula is C17H18FNO4. The highest BCUT2D eigenvalue weighted by atomic mass is 19.1. The summed E-state index contributed by atoms with van der Waals surface area (Å²) in [5.74, 6) is -1.83. The van der Waals surface area contributed by atoms with Crippen LogP contribution in [0.2, 0.25) is 0 Å². The molecule has 5 nitrogen and oxygen atoms in total. The van der Waals surface area contributed by atoms with E-state index in [0.717, 1.165) is 18.2 Å². The molecule has 0 saturated heterocycles. The van der Waals surface area contributed by atoms with Crippen molar-refractivity contribution in [3.8, 4) is 0 Å². The van der Waals surface area contributed by atoms with Crippen LogP contribution >= 0.6 is 0 Å². The summed E-state index contributed by atoms with van der Waals surface area (Å²) in [7, 11) is 0. The molecule has 23 heavy (non-hydrogen) atoms. The molecule has 1 aromatic carbocycles. The standard InChI is InChI=1S/C17H18FNO4/c1-2-7-19(8-6-12-4-3-5-14(18)9-12)16(20)15-10-13(11-23-15)17(21)22/h3-5,9-11H,2,6-8H2,1H3,(H,21,22). The van der Waals surface area contributed by atoms with Crippen molar-refractivity contribution in [1.82, 2.24) is 4.90 Å². The quantitative estimate of drug-likeness (QED) is 0.850. The van der Waals surface area contributed by atoms with Crippen LogP contribution < -0.4 is 0 Å². The molecule has 2 aromatic rings. The summed E-state index contributed by atoms with van der Waals surface area (Å²) in [5, 5.41) is 8.88. The maximum atomic E-state index is 13.2. The molecule has 0 bridgehead atoms. The van der Waals surface area contributed by atoms with Gasteiger partial charge in [0.15, 0.2) is 5.76 Å². The van der Waals surface area contributed by atoms with E-state index >= 15 is 0 Å². The fourth-order valence-corrected chi connectivity index (χ4v) is 2.26. The summed E-state index contributed by atoms with van der Waals surface area (Å²) >= 11 is 0. The Morgan fingerprint density at radius 1 is 1.26 bits per heavy atom. The zero-order chi connectivity index (χ0) is 16.8. The number of halogens is 1. The van der Waals surface area contributed by atoms with Gasteiger partial charge in [-0.2, -0.15) is 0 Å². The lowest BCUT2D eigenvalue weighted by Crippen LogP contribution is -2.33. The first-order valence-corrected chi connectivity index (χ1v) is 7.36. The number of hydrogen-bond acceptors (Lipinski definition) is 3. The predicted octanol–water partition coefficient (Wildman–Crippen LogP) is 3.21. The van der Waals surface area contributed by atoms with Crippen molar-refractivity contribution in [2.45, 2.75) is 19.8 Å². The molecule has 1 amide bonds. The number of furan rings is 1. The lowest BCUT2D eigenvalue weighted by Gasteiger charge is -2.21. The second kappa shape index (κ2) is 7.58. The van der Waals surface area contributed by atoms with E-state index < -0.39 is 5.97 Å². The minimum atomic E-state index is -1.14. The van der Waals surface area contributed by atoms with Crippen LogP contribution in [0.25, 0.3) is 0 Å². The number of aromatic carboxylic acids is 1. The van der Waals surface area contributed by atoms with Crippen LogP contribution in [0.15, 0.2) is 41.0 Å². The van der Waals surface area contributed by atoms with Crippen molar-refractivity contribution in [2.75, 3.05) is 13.1 Å². The molecule has 0 spiro atoms. The summed E-state index contributed by atoms with van der Waals surface area (Å²) in [5.41, 5.74) is 0.736. The molecule has 0 aliphatic rings. The molecule has 2 rings (SSSR count). The van der Waals surface area contributed by atoms with Gasteiger partial charge in [-0.1, -0.05) is 19.1 Å². The topological polar surface area (TPSA) is 70.8 Å². The van der Waals surface area contributed by atoms with Crippen LogP contribution in [-0.2, 0) is 6.42 Å². The number of rotatable bonds is 7. The summed E-state index contributed by atoms with van der Waals surface area (Å²) < 4.78 is 18.2. The van der Waals surface area contributed by atoms with E-state index in [1.54, 1.807) is 17.0 Å². The first kappa shape index (κ1) is 16.7. The molecular weight excluding hydrogens is 301 g/mol. The average Bonchev–Trinajstić information content (AvgIpc) is 3.01. The normalized spacial score (nSPS) is 10.5.